The summed E-state index contributed by atoms with van der Waals surface area (Å²) in [6.45, 7) is 25.4. The summed E-state index contributed by atoms with van der Waals surface area (Å²) in [7, 11) is 0. The number of aliphatic imine (C=N–C) groups is 1. The van der Waals surface area contributed by atoms with Crippen molar-refractivity contribution in [3.05, 3.63) is 70.7 Å². The van der Waals surface area contributed by atoms with Crippen LogP contribution < -0.4 is 0 Å². The molecule has 0 aromatic heterocycles. The minimum atomic E-state index is -0.390. The van der Waals surface area contributed by atoms with E-state index in [1.165, 1.54) is 42.2 Å². The average Bonchev–Trinajstić information content (AvgIpc) is 2.99. The van der Waals surface area contributed by atoms with Crippen LogP contribution in [0.3, 0.4) is 0 Å². The SMILES string of the molecule is C/C=C(/C=C/CCCCC)C(\C(CCCCc1cccc(F)c1)=NCC)=C(\C)N1C[C@@H](C)N(C(=O)C(C)(C)C)C[C@@H]1C.CC. The van der Waals surface area contributed by atoms with Gasteiger partial charge >= 0.3 is 0 Å². The summed E-state index contributed by atoms with van der Waals surface area (Å²) in [6.07, 6.45) is 15.3. The molecule has 0 saturated carbocycles. The Kier molecular flexibility index (Phi) is 18.2. The van der Waals surface area contributed by atoms with Crippen LogP contribution in [0.1, 0.15) is 127 Å². The first kappa shape index (κ1) is 39.3. The Hall–Kier alpha value is -2.69. The summed E-state index contributed by atoms with van der Waals surface area (Å²) in [5.41, 5.74) is 5.49. The number of piperazine rings is 1. The molecule has 0 aliphatic carbocycles. The zero-order chi connectivity index (χ0) is 33.3. The predicted octanol–water partition coefficient (Wildman–Crippen LogP) is 10.3. The fraction of sp³-hybridized carbons (Fsp3) is 0.641. The lowest BCUT2D eigenvalue weighted by Crippen LogP contribution is -2.59. The molecule has 1 amide bonds. The van der Waals surface area contributed by atoms with Gasteiger partial charge in [0.1, 0.15) is 5.82 Å². The number of nitrogens with zero attached hydrogens (tertiary/aromatic N) is 3. The normalized spacial score (nSPS) is 18.7. The number of aryl methyl sites for hydroxylation is 1. The van der Waals surface area contributed by atoms with E-state index in [1.807, 2.05) is 40.7 Å². The van der Waals surface area contributed by atoms with Gasteiger partial charge in [0.2, 0.25) is 5.91 Å². The van der Waals surface area contributed by atoms with Crippen LogP contribution >= 0.6 is 0 Å². The lowest BCUT2D eigenvalue weighted by molar-refractivity contribution is -0.145. The molecule has 248 valence electrons. The molecule has 0 N–H and O–H groups in total. The van der Waals surface area contributed by atoms with Gasteiger partial charge in [-0.15, -0.1) is 0 Å². The van der Waals surface area contributed by atoms with E-state index in [-0.39, 0.29) is 29.2 Å². The molecule has 1 aromatic carbocycles. The van der Waals surface area contributed by atoms with Crippen LogP contribution in [0, 0.1) is 11.2 Å². The van der Waals surface area contributed by atoms with Crippen LogP contribution in [0.5, 0.6) is 0 Å². The molecule has 1 aromatic rings. The Balaban J connectivity index is 0.00000474. The molecule has 0 unspecified atom stereocenters. The van der Waals surface area contributed by atoms with E-state index in [9.17, 15) is 9.18 Å². The number of benzene rings is 1. The number of halogens is 1. The molecule has 1 heterocycles. The van der Waals surface area contributed by atoms with Crippen molar-refractivity contribution in [2.24, 2.45) is 10.4 Å². The first-order valence-corrected chi connectivity index (χ1v) is 17.3. The number of hydrogen-bond acceptors (Lipinski definition) is 3. The molecule has 5 heteroatoms. The van der Waals surface area contributed by atoms with Crippen molar-refractivity contribution < 1.29 is 9.18 Å². The summed E-state index contributed by atoms with van der Waals surface area (Å²) in [4.78, 5) is 22.9. The largest absolute Gasteiger partial charge is 0.368 e. The van der Waals surface area contributed by atoms with Crippen LogP contribution in [0.2, 0.25) is 0 Å². The van der Waals surface area contributed by atoms with E-state index in [0.717, 1.165) is 56.5 Å². The minimum Gasteiger partial charge on any atom is -0.368 e. The highest BCUT2D eigenvalue weighted by Crippen LogP contribution is 2.30. The maximum atomic E-state index is 13.7. The maximum absolute atomic E-state index is 13.7. The van der Waals surface area contributed by atoms with Crippen molar-refractivity contribution in [1.29, 1.82) is 0 Å². The Morgan fingerprint density at radius 1 is 1.02 bits per heavy atom. The molecule has 1 fully saturated rings. The third kappa shape index (κ3) is 12.4. The van der Waals surface area contributed by atoms with Gasteiger partial charge in [0, 0.05) is 54.1 Å². The fourth-order valence-corrected chi connectivity index (χ4v) is 5.87. The molecule has 2 atom stereocenters. The van der Waals surface area contributed by atoms with Gasteiger partial charge < -0.3 is 9.80 Å². The van der Waals surface area contributed by atoms with Crippen molar-refractivity contribution in [1.82, 2.24) is 9.80 Å². The zero-order valence-corrected chi connectivity index (χ0v) is 30.1. The van der Waals surface area contributed by atoms with Gasteiger partial charge in [0.25, 0.3) is 0 Å². The van der Waals surface area contributed by atoms with E-state index in [0.29, 0.717) is 6.54 Å². The lowest BCUT2D eigenvalue weighted by Gasteiger charge is -2.47. The highest BCUT2D eigenvalue weighted by atomic mass is 19.1. The summed E-state index contributed by atoms with van der Waals surface area (Å²) in [6, 6.07) is 7.27. The fourth-order valence-electron chi connectivity index (χ4n) is 5.87. The second kappa shape index (κ2) is 20.4. The van der Waals surface area contributed by atoms with Gasteiger partial charge in [0.15, 0.2) is 0 Å². The Morgan fingerprint density at radius 2 is 1.68 bits per heavy atom. The Morgan fingerprint density at radius 3 is 2.27 bits per heavy atom. The Labute approximate surface area is 270 Å². The number of unbranched alkanes of at least 4 members (excludes halogenated alkanes) is 4. The molecule has 1 saturated heterocycles. The standard InChI is InChI=1S/C37H58FN3O.C2H6/c1-10-13-14-15-16-22-32(11-2)35(34(39-12-3)24-18-17-20-31-21-19-23-33(38)25-31)30(6)40-26-29(5)41(27-28(40)4)36(42)37(7,8)9;1-2/h11,16,19,21-23,25,28-29H,10,12-15,17-18,20,24,26-27H2,1-9H3;1-2H3/b22-16+,32-11-,35-30+,39-34?;/t28-,29+;/m0./s1. The highest BCUT2D eigenvalue weighted by molar-refractivity contribution is 6.05. The van der Waals surface area contributed by atoms with Gasteiger partial charge in [-0.3, -0.25) is 9.79 Å². The van der Waals surface area contributed by atoms with E-state index < -0.39 is 0 Å². The van der Waals surface area contributed by atoms with E-state index >= 15 is 0 Å². The summed E-state index contributed by atoms with van der Waals surface area (Å²) >= 11 is 0. The van der Waals surface area contributed by atoms with Gasteiger partial charge in [-0.05, 0) is 96.4 Å². The highest BCUT2D eigenvalue weighted by Gasteiger charge is 2.37. The first-order chi connectivity index (χ1) is 20.9. The van der Waals surface area contributed by atoms with Crippen molar-refractivity contribution in [3.63, 3.8) is 0 Å². The maximum Gasteiger partial charge on any atom is 0.228 e. The second-order valence-electron chi connectivity index (χ2n) is 12.9. The van der Waals surface area contributed by atoms with Crippen LogP contribution in [0.25, 0.3) is 0 Å². The van der Waals surface area contributed by atoms with Crippen LogP contribution in [-0.4, -0.2) is 53.1 Å². The zero-order valence-electron chi connectivity index (χ0n) is 30.1. The van der Waals surface area contributed by atoms with E-state index in [1.54, 1.807) is 12.1 Å². The molecular formula is C39H64FN3O. The monoisotopic (exact) mass is 610 g/mol. The number of carbonyl (C=O) groups is 1. The molecule has 0 bridgehead atoms. The quantitative estimate of drug-likeness (QED) is 0.119. The summed E-state index contributed by atoms with van der Waals surface area (Å²) in [5, 5.41) is 0. The van der Waals surface area contributed by atoms with Crippen molar-refractivity contribution in [3.8, 4) is 0 Å². The average molecular weight is 610 g/mol. The molecule has 0 radical (unpaired) electrons. The van der Waals surface area contributed by atoms with Gasteiger partial charge in [-0.25, -0.2) is 4.39 Å². The number of hydrogen-bond donors (Lipinski definition) is 0. The molecule has 44 heavy (non-hydrogen) atoms. The number of amides is 1. The molecule has 2 rings (SSSR count). The van der Waals surface area contributed by atoms with Crippen LogP contribution in [0.15, 0.2) is 64.3 Å². The van der Waals surface area contributed by atoms with Gasteiger partial charge in [0.05, 0.1) is 0 Å². The van der Waals surface area contributed by atoms with Crippen molar-refractivity contribution in [2.45, 2.75) is 140 Å². The predicted molar refractivity (Wildman–Crippen MR) is 190 cm³/mol. The third-order valence-electron chi connectivity index (χ3n) is 8.21. The topological polar surface area (TPSA) is 35.9 Å². The molecule has 1 aliphatic rings. The second-order valence-corrected chi connectivity index (χ2v) is 12.9. The van der Waals surface area contributed by atoms with Gasteiger partial charge in [-0.1, -0.05) is 84.7 Å². The van der Waals surface area contributed by atoms with Crippen molar-refractivity contribution >= 4 is 11.6 Å². The van der Waals surface area contributed by atoms with Gasteiger partial charge in [-0.2, -0.15) is 0 Å². The lowest BCUT2D eigenvalue weighted by atomic mass is 9.91. The molecule has 4 nitrogen and oxygen atoms in total. The van der Waals surface area contributed by atoms with Crippen LogP contribution in [-0.2, 0) is 11.2 Å². The number of carbonyl (C=O) groups excluding carboxylic acids is 1. The first-order valence-electron chi connectivity index (χ1n) is 17.3. The third-order valence-corrected chi connectivity index (χ3v) is 8.21. The molecule has 1 aliphatic heterocycles. The minimum absolute atomic E-state index is 0.126. The van der Waals surface area contributed by atoms with E-state index in [2.05, 4.69) is 69.6 Å². The molecular weight excluding hydrogens is 545 g/mol. The Bertz CT molecular complexity index is 1120. The number of rotatable bonds is 14. The smallest absolute Gasteiger partial charge is 0.228 e. The molecule has 0 spiro atoms. The summed E-state index contributed by atoms with van der Waals surface area (Å²) < 4.78 is 13.7. The van der Waals surface area contributed by atoms with Crippen molar-refractivity contribution in [2.75, 3.05) is 19.6 Å². The van der Waals surface area contributed by atoms with Crippen LogP contribution in [0.4, 0.5) is 4.39 Å². The summed E-state index contributed by atoms with van der Waals surface area (Å²) in [5.74, 6) is 0.0525. The number of allylic oxidation sites excluding steroid dienone is 6. The van der Waals surface area contributed by atoms with E-state index in [4.69, 9.17) is 4.99 Å².